The average Bonchev–Trinajstić information content (AvgIpc) is 3.04. The first-order chi connectivity index (χ1) is 9.69. The highest BCUT2D eigenvalue weighted by atomic mass is 35.5. The Morgan fingerprint density at radius 1 is 1.45 bits per heavy atom. The first-order valence-corrected chi connectivity index (χ1v) is 6.94. The lowest BCUT2D eigenvalue weighted by Crippen LogP contribution is -2.36. The summed E-state index contributed by atoms with van der Waals surface area (Å²) in [5.41, 5.74) is 8.09. The lowest BCUT2D eigenvalue weighted by molar-refractivity contribution is 0.657. The summed E-state index contributed by atoms with van der Waals surface area (Å²) in [4.78, 5) is 6.36. The predicted molar refractivity (Wildman–Crippen MR) is 81.1 cm³/mol. The minimum atomic E-state index is 0.0776. The van der Waals surface area contributed by atoms with Gasteiger partial charge in [0.1, 0.15) is 0 Å². The average molecular weight is 290 g/mol. The molecule has 0 radical (unpaired) electrons. The van der Waals surface area contributed by atoms with Gasteiger partial charge in [0.15, 0.2) is 5.96 Å². The molecule has 20 heavy (non-hydrogen) atoms. The number of nitrogens with two attached hydrogens (primary N) is 1. The number of halogens is 1. The van der Waals surface area contributed by atoms with Gasteiger partial charge < -0.3 is 10.6 Å². The second-order valence-electron chi connectivity index (χ2n) is 4.69. The van der Waals surface area contributed by atoms with E-state index in [1.165, 1.54) is 0 Å². The number of anilines is 1. The molecule has 2 heterocycles. The third-order valence-corrected chi connectivity index (χ3v) is 3.67. The van der Waals surface area contributed by atoms with Crippen molar-refractivity contribution in [1.29, 1.82) is 0 Å². The van der Waals surface area contributed by atoms with Gasteiger partial charge in [-0.2, -0.15) is 5.10 Å². The van der Waals surface area contributed by atoms with E-state index in [-0.39, 0.29) is 6.04 Å². The van der Waals surface area contributed by atoms with Crippen LogP contribution in [-0.2, 0) is 6.54 Å². The molecule has 1 aliphatic rings. The van der Waals surface area contributed by atoms with Gasteiger partial charge in [0, 0.05) is 29.0 Å². The number of benzene rings is 1. The van der Waals surface area contributed by atoms with Crippen LogP contribution in [0.4, 0.5) is 5.69 Å². The van der Waals surface area contributed by atoms with E-state index in [2.05, 4.69) is 17.0 Å². The van der Waals surface area contributed by atoms with Crippen molar-refractivity contribution in [3.05, 3.63) is 47.2 Å². The molecule has 1 unspecified atom stereocenters. The van der Waals surface area contributed by atoms with E-state index < -0.39 is 0 Å². The summed E-state index contributed by atoms with van der Waals surface area (Å²) < 4.78 is 1.90. The maximum Gasteiger partial charge on any atom is 0.196 e. The molecule has 1 aromatic heterocycles. The second kappa shape index (κ2) is 5.17. The Hall–Kier alpha value is -2.01. The van der Waals surface area contributed by atoms with Gasteiger partial charge in [-0.3, -0.25) is 9.67 Å². The number of hydrogen-bond donors (Lipinski definition) is 1. The summed E-state index contributed by atoms with van der Waals surface area (Å²) in [5.74, 6) is 0.515. The Morgan fingerprint density at radius 2 is 2.30 bits per heavy atom. The quantitative estimate of drug-likeness (QED) is 0.944. The van der Waals surface area contributed by atoms with Crippen molar-refractivity contribution in [3.8, 4) is 0 Å². The molecule has 0 aliphatic carbocycles. The normalized spacial score (nSPS) is 18.4. The van der Waals surface area contributed by atoms with Crippen molar-refractivity contribution in [2.24, 2.45) is 10.7 Å². The Bertz CT molecular complexity index is 649. The number of aryl methyl sites for hydroxylation is 1. The van der Waals surface area contributed by atoms with Crippen LogP contribution in [0.2, 0.25) is 5.02 Å². The Labute approximate surface area is 122 Å². The maximum atomic E-state index is 6.07. The zero-order chi connectivity index (χ0) is 14.1. The molecular formula is C14H16ClN5. The Morgan fingerprint density at radius 3 is 3.00 bits per heavy atom. The standard InChI is InChI=1S/C14H16ClN5/c1-2-19-9-10(7-18-19)13-8-17-14(16)20(13)12-5-3-4-11(15)6-12/h3-7,9,13H,2,8H2,1H3,(H2,16,17). The van der Waals surface area contributed by atoms with Crippen LogP contribution in [0.15, 0.2) is 41.7 Å². The molecule has 0 saturated carbocycles. The molecular weight excluding hydrogens is 274 g/mol. The molecule has 5 nitrogen and oxygen atoms in total. The molecule has 0 spiro atoms. The smallest absolute Gasteiger partial charge is 0.196 e. The monoisotopic (exact) mass is 289 g/mol. The van der Waals surface area contributed by atoms with Gasteiger partial charge in [0.25, 0.3) is 0 Å². The first-order valence-electron chi connectivity index (χ1n) is 6.56. The van der Waals surface area contributed by atoms with Gasteiger partial charge in [-0.15, -0.1) is 0 Å². The van der Waals surface area contributed by atoms with Crippen LogP contribution in [0.25, 0.3) is 0 Å². The van der Waals surface area contributed by atoms with Gasteiger partial charge in [-0.05, 0) is 25.1 Å². The molecule has 0 amide bonds. The summed E-state index contributed by atoms with van der Waals surface area (Å²) in [7, 11) is 0. The maximum absolute atomic E-state index is 6.07. The fraction of sp³-hybridized carbons (Fsp3) is 0.286. The molecule has 2 N–H and O–H groups in total. The number of aliphatic imine (C=N–C) groups is 1. The molecule has 6 heteroatoms. The van der Waals surface area contributed by atoms with Crippen molar-refractivity contribution in [2.45, 2.75) is 19.5 Å². The highest BCUT2D eigenvalue weighted by molar-refractivity contribution is 6.30. The topological polar surface area (TPSA) is 59.4 Å². The fourth-order valence-corrected chi connectivity index (χ4v) is 2.60. The minimum absolute atomic E-state index is 0.0776. The molecule has 1 atom stereocenters. The van der Waals surface area contributed by atoms with E-state index in [0.29, 0.717) is 17.5 Å². The summed E-state index contributed by atoms with van der Waals surface area (Å²) in [6.07, 6.45) is 3.91. The van der Waals surface area contributed by atoms with Crippen LogP contribution in [0.1, 0.15) is 18.5 Å². The van der Waals surface area contributed by atoms with E-state index >= 15 is 0 Å². The molecule has 2 aromatic rings. The number of rotatable bonds is 3. The van der Waals surface area contributed by atoms with Crippen molar-refractivity contribution in [3.63, 3.8) is 0 Å². The number of guanidine groups is 1. The van der Waals surface area contributed by atoms with Crippen molar-refractivity contribution in [1.82, 2.24) is 9.78 Å². The van der Waals surface area contributed by atoms with Crippen molar-refractivity contribution >= 4 is 23.2 Å². The van der Waals surface area contributed by atoms with Crippen molar-refractivity contribution < 1.29 is 0 Å². The van der Waals surface area contributed by atoms with Crippen LogP contribution in [0, 0.1) is 0 Å². The van der Waals surface area contributed by atoms with E-state index in [1.807, 2.05) is 46.2 Å². The van der Waals surface area contributed by atoms with Gasteiger partial charge in [0.05, 0.1) is 18.8 Å². The van der Waals surface area contributed by atoms with E-state index in [9.17, 15) is 0 Å². The third kappa shape index (κ3) is 2.25. The minimum Gasteiger partial charge on any atom is -0.369 e. The molecule has 0 bridgehead atoms. The highest BCUT2D eigenvalue weighted by Crippen LogP contribution is 2.32. The van der Waals surface area contributed by atoms with Crippen LogP contribution in [0.5, 0.6) is 0 Å². The second-order valence-corrected chi connectivity index (χ2v) is 5.13. The molecule has 0 saturated heterocycles. The molecule has 1 aliphatic heterocycles. The number of aromatic nitrogens is 2. The van der Waals surface area contributed by atoms with Gasteiger partial charge in [-0.25, -0.2) is 0 Å². The van der Waals surface area contributed by atoms with Gasteiger partial charge in [-0.1, -0.05) is 17.7 Å². The Balaban J connectivity index is 1.96. The van der Waals surface area contributed by atoms with Crippen LogP contribution in [0.3, 0.4) is 0 Å². The fourth-order valence-electron chi connectivity index (χ4n) is 2.41. The molecule has 0 fully saturated rings. The van der Waals surface area contributed by atoms with Crippen LogP contribution < -0.4 is 10.6 Å². The third-order valence-electron chi connectivity index (χ3n) is 3.43. The lowest BCUT2D eigenvalue weighted by atomic mass is 10.1. The zero-order valence-corrected chi connectivity index (χ0v) is 12.0. The van der Waals surface area contributed by atoms with Crippen molar-refractivity contribution in [2.75, 3.05) is 11.4 Å². The van der Waals surface area contributed by atoms with Crippen LogP contribution in [-0.4, -0.2) is 22.3 Å². The highest BCUT2D eigenvalue weighted by Gasteiger charge is 2.29. The largest absolute Gasteiger partial charge is 0.369 e. The van der Waals surface area contributed by atoms with E-state index in [1.54, 1.807) is 0 Å². The molecule has 3 rings (SSSR count). The predicted octanol–water partition coefficient (Wildman–Crippen LogP) is 2.43. The van der Waals surface area contributed by atoms with Gasteiger partial charge in [0.2, 0.25) is 0 Å². The molecule has 104 valence electrons. The number of nitrogens with zero attached hydrogens (tertiary/aromatic N) is 4. The summed E-state index contributed by atoms with van der Waals surface area (Å²) in [5, 5.41) is 5.01. The SMILES string of the molecule is CCn1cc(C2CN=C(N)N2c2cccc(Cl)c2)cn1. The lowest BCUT2D eigenvalue weighted by Gasteiger charge is -2.25. The summed E-state index contributed by atoms with van der Waals surface area (Å²) >= 11 is 6.07. The summed E-state index contributed by atoms with van der Waals surface area (Å²) in [6, 6.07) is 7.71. The molecule has 1 aromatic carbocycles. The van der Waals surface area contributed by atoms with Crippen LogP contribution >= 0.6 is 11.6 Å². The van der Waals surface area contributed by atoms with E-state index in [0.717, 1.165) is 17.8 Å². The summed E-state index contributed by atoms with van der Waals surface area (Å²) in [6.45, 7) is 3.54. The van der Waals surface area contributed by atoms with E-state index in [4.69, 9.17) is 17.3 Å². The number of hydrogen-bond acceptors (Lipinski definition) is 4. The Kier molecular flexibility index (Phi) is 3.36. The van der Waals surface area contributed by atoms with Gasteiger partial charge >= 0.3 is 0 Å². The zero-order valence-electron chi connectivity index (χ0n) is 11.2. The first kappa shape index (κ1) is 13.0.